The molecule has 3 heteroatoms. The Labute approximate surface area is 129 Å². The van der Waals surface area contributed by atoms with E-state index in [2.05, 4.69) is 32.6 Å². The van der Waals surface area contributed by atoms with Crippen LogP contribution in [0.15, 0.2) is 24.3 Å². The van der Waals surface area contributed by atoms with E-state index in [-0.39, 0.29) is 0 Å². The van der Waals surface area contributed by atoms with E-state index in [0.717, 1.165) is 50.4 Å². The maximum atomic E-state index is 10.2. The van der Waals surface area contributed by atoms with Gasteiger partial charge in [-0.1, -0.05) is 39.8 Å². The molecule has 21 heavy (non-hydrogen) atoms. The van der Waals surface area contributed by atoms with E-state index in [0.29, 0.717) is 5.92 Å². The molecule has 0 saturated carbocycles. The van der Waals surface area contributed by atoms with Crippen molar-refractivity contribution < 1.29 is 9.84 Å². The van der Waals surface area contributed by atoms with Crippen molar-refractivity contribution in [3.8, 4) is 5.75 Å². The number of hydrogen-bond acceptors (Lipinski definition) is 3. The zero-order chi connectivity index (χ0) is 15.7. The normalized spacial score (nSPS) is 12.9. The Morgan fingerprint density at radius 2 is 1.67 bits per heavy atom. The Bertz CT molecular complexity index is 371. The van der Waals surface area contributed by atoms with Crippen LogP contribution in [0.5, 0.6) is 5.75 Å². The standard InChI is InChI=1S/C18H31NO2/c1-5-19(6-2)13-11-18(20)16-7-9-17(10-8-16)21-14-12-15(3)4/h7-10,15,18,20H,5-6,11-14H2,1-4H3. The van der Waals surface area contributed by atoms with Crippen LogP contribution in [0.4, 0.5) is 0 Å². The van der Waals surface area contributed by atoms with Gasteiger partial charge in [-0.25, -0.2) is 0 Å². The molecule has 3 nitrogen and oxygen atoms in total. The van der Waals surface area contributed by atoms with Crippen LogP contribution < -0.4 is 4.74 Å². The lowest BCUT2D eigenvalue weighted by atomic mass is 10.1. The van der Waals surface area contributed by atoms with Crippen molar-refractivity contribution in [1.29, 1.82) is 0 Å². The Hall–Kier alpha value is -1.06. The molecule has 0 fully saturated rings. The minimum absolute atomic E-state index is 0.393. The fraction of sp³-hybridized carbons (Fsp3) is 0.667. The molecule has 1 atom stereocenters. The van der Waals surface area contributed by atoms with E-state index >= 15 is 0 Å². The van der Waals surface area contributed by atoms with Crippen LogP contribution in [0.3, 0.4) is 0 Å². The molecule has 0 amide bonds. The lowest BCUT2D eigenvalue weighted by molar-refractivity contribution is 0.145. The number of hydrogen-bond donors (Lipinski definition) is 1. The Morgan fingerprint density at radius 3 is 2.19 bits per heavy atom. The van der Waals surface area contributed by atoms with Gasteiger partial charge in [0.1, 0.15) is 5.75 Å². The van der Waals surface area contributed by atoms with Gasteiger partial charge in [0.2, 0.25) is 0 Å². The lowest BCUT2D eigenvalue weighted by Crippen LogP contribution is -2.25. The summed E-state index contributed by atoms with van der Waals surface area (Å²) >= 11 is 0. The number of ether oxygens (including phenoxy) is 1. The van der Waals surface area contributed by atoms with Crippen molar-refractivity contribution in [3.63, 3.8) is 0 Å². The first-order chi connectivity index (χ1) is 10.1. The number of nitrogens with zero attached hydrogens (tertiary/aromatic N) is 1. The summed E-state index contributed by atoms with van der Waals surface area (Å²) in [7, 11) is 0. The summed E-state index contributed by atoms with van der Waals surface area (Å²) in [4.78, 5) is 2.33. The van der Waals surface area contributed by atoms with Gasteiger partial charge in [0.05, 0.1) is 12.7 Å². The molecular formula is C18H31NO2. The summed E-state index contributed by atoms with van der Waals surface area (Å²) in [5, 5.41) is 10.2. The largest absolute Gasteiger partial charge is 0.494 e. The van der Waals surface area contributed by atoms with E-state index < -0.39 is 6.10 Å². The molecule has 0 heterocycles. The van der Waals surface area contributed by atoms with Crippen molar-refractivity contribution in [2.75, 3.05) is 26.2 Å². The predicted molar refractivity (Wildman–Crippen MR) is 88.8 cm³/mol. The summed E-state index contributed by atoms with van der Waals surface area (Å²) in [6.45, 7) is 12.4. The molecule has 0 saturated heterocycles. The molecule has 1 rings (SSSR count). The molecule has 0 aliphatic heterocycles. The van der Waals surface area contributed by atoms with Crippen LogP contribution in [0.2, 0.25) is 0 Å². The van der Waals surface area contributed by atoms with E-state index in [1.165, 1.54) is 0 Å². The van der Waals surface area contributed by atoms with Gasteiger partial charge in [0, 0.05) is 6.54 Å². The minimum atomic E-state index is -0.393. The molecule has 0 aliphatic carbocycles. The molecule has 0 aliphatic rings. The molecule has 0 bridgehead atoms. The van der Waals surface area contributed by atoms with Gasteiger partial charge in [-0.2, -0.15) is 0 Å². The van der Waals surface area contributed by atoms with Crippen LogP contribution in [-0.2, 0) is 0 Å². The highest BCUT2D eigenvalue weighted by atomic mass is 16.5. The van der Waals surface area contributed by atoms with Crippen LogP contribution in [0, 0.1) is 5.92 Å². The highest BCUT2D eigenvalue weighted by Gasteiger charge is 2.09. The van der Waals surface area contributed by atoms with Crippen molar-refractivity contribution >= 4 is 0 Å². The fourth-order valence-corrected chi connectivity index (χ4v) is 2.21. The minimum Gasteiger partial charge on any atom is -0.494 e. The van der Waals surface area contributed by atoms with Crippen molar-refractivity contribution in [2.24, 2.45) is 5.92 Å². The number of rotatable bonds is 10. The maximum absolute atomic E-state index is 10.2. The van der Waals surface area contributed by atoms with Crippen LogP contribution in [0.1, 0.15) is 52.2 Å². The monoisotopic (exact) mass is 293 g/mol. The summed E-state index contributed by atoms with van der Waals surface area (Å²) in [6, 6.07) is 7.85. The van der Waals surface area contributed by atoms with Gasteiger partial charge in [0.15, 0.2) is 0 Å². The van der Waals surface area contributed by atoms with Gasteiger partial charge in [-0.3, -0.25) is 0 Å². The predicted octanol–water partition coefficient (Wildman–Crippen LogP) is 3.88. The average Bonchev–Trinajstić information content (AvgIpc) is 2.48. The first-order valence-electron chi connectivity index (χ1n) is 8.20. The molecule has 0 spiro atoms. The molecular weight excluding hydrogens is 262 g/mol. The average molecular weight is 293 g/mol. The molecule has 120 valence electrons. The topological polar surface area (TPSA) is 32.7 Å². The molecule has 0 radical (unpaired) electrons. The molecule has 0 aromatic heterocycles. The van der Waals surface area contributed by atoms with E-state index in [1.807, 2.05) is 24.3 Å². The Balaban J connectivity index is 2.41. The smallest absolute Gasteiger partial charge is 0.119 e. The van der Waals surface area contributed by atoms with Gasteiger partial charge in [0.25, 0.3) is 0 Å². The number of aliphatic hydroxyl groups excluding tert-OH is 1. The van der Waals surface area contributed by atoms with Gasteiger partial charge < -0.3 is 14.7 Å². The zero-order valence-corrected chi connectivity index (χ0v) is 14.0. The summed E-state index contributed by atoms with van der Waals surface area (Å²) in [6.07, 6.45) is 1.44. The zero-order valence-electron chi connectivity index (χ0n) is 14.0. The van der Waals surface area contributed by atoms with Gasteiger partial charge in [-0.05, 0) is 49.5 Å². The maximum Gasteiger partial charge on any atom is 0.119 e. The SMILES string of the molecule is CCN(CC)CCC(O)c1ccc(OCCC(C)C)cc1. The highest BCUT2D eigenvalue weighted by molar-refractivity contribution is 5.28. The highest BCUT2D eigenvalue weighted by Crippen LogP contribution is 2.21. The first-order valence-corrected chi connectivity index (χ1v) is 8.20. The lowest BCUT2D eigenvalue weighted by Gasteiger charge is -2.20. The third kappa shape index (κ3) is 6.96. The van der Waals surface area contributed by atoms with Crippen molar-refractivity contribution in [3.05, 3.63) is 29.8 Å². The molecule has 1 aromatic carbocycles. The van der Waals surface area contributed by atoms with Crippen LogP contribution in [-0.4, -0.2) is 36.2 Å². The second-order valence-corrected chi connectivity index (χ2v) is 5.93. The summed E-state index contributed by atoms with van der Waals surface area (Å²) in [5.74, 6) is 1.54. The first kappa shape index (κ1) is 18.0. The fourth-order valence-electron chi connectivity index (χ4n) is 2.21. The van der Waals surface area contributed by atoms with Crippen molar-refractivity contribution in [1.82, 2.24) is 4.90 Å². The van der Waals surface area contributed by atoms with E-state index in [1.54, 1.807) is 0 Å². The van der Waals surface area contributed by atoms with Crippen LogP contribution >= 0.6 is 0 Å². The number of benzene rings is 1. The van der Waals surface area contributed by atoms with Gasteiger partial charge >= 0.3 is 0 Å². The summed E-state index contributed by atoms with van der Waals surface area (Å²) < 4.78 is 5.69. The quantitative estimate of drug-likeness (QED) is 0.710. The number of aliphatic hydroxyl groups is 1. The molecule has 1 N–H and O–H groups in total. The Kier molecular flexibility index (Phi) is 8.40. The third-order valence-corrected chi connectivity index (χ3v) is 3.84. The third-order valence-electron chi connectivity index (χ3n) is 3.84. The molecule has 1 aromatic rings. The summed E-state index contributed by atoms with van der Waals surface area (Å²) in [5.41, 5.74) is 0.971. The second-order valence-electron chi connectivity index (χ2n) is 5.93. The van der Waals surface area contributed by atoms with Gasteiger partial charge in [-0.15, -0.1) is 0 Å². The van der Waals surface area contributed by atoms with Crippen LogP contribution in [0.25, 0.3) is 0 Å². The Morgan fingerprint density at radius 1 is 1.05 bits per heavy atom. The second kappa shape index (κ2) is 9.80. The van der Waals surface area contributed by atoms with Crippen molar-refractivity contribution in [2.45, 2.75) is 46.6 Å². The van der Waals surface area contributed by atoms with E-state index in [4.69, 9.17) is 4.74 Å². The van der Waals surface area contributed by atoms with E-state index in [9.17, 15) is 5.11 Å². The molecule has 1 unspecified atom stereocenters.